The second kappa shape index (κ2) is 5.93. The summed E-state index contributed by atoms with van der Waals surface area (Å²) in [6.45, 7) is 5.35. The Kier molecular flexibility index (Phi) is 4.88. The molecule has 2 heterocycles. The largest absolute Gasteiger partial charge is 0.252 e. The third-order valence-corrected chi connectivity index (χ3v) is 7.91. The van der Waals surface area contributed by atoms with Crippen molar-refractivity contribution in [2.45, 2.75) is 29.2 Å². The lowest BCUT2D eigenvalue weighted by Gasteiger charge is -2.36. The van der Waals surface area contributed by atoms with Gasteiger partial charge in [-0.2, -0.15) is 16.1 Å². The Balaban J connectivity index is 2.21. The van der Waals surface area contributed by atoms with Crippen molar-refractivity contribution < 1.29 is 8.42 Å². The first-order valence-corrected chi connectivity index (χ1v) is 9.92. The fourth-order valence-electron chi connectivity index (χ4n) is 2.03. The fourth-order valence-corrected chi connectivity index (χ4v) is 6.77. The second-order valence-corrected chi connectivity index (χ2v) is 10.6. The SMILES string of the molecule is CC1(C)CN(S(=O)(=O)c2ccc(CCCl)s2)CCS1. The lowest BCUT2D eigenvalue weighted by molar-refractivity contribution is 0.388. The highest BCUT2D eigenvalue weighted by molar-refractivity contribution is 8.00. The Morgan fingerprint density at radius 1 is 1.42 bits per heavy atom. The molecule has 0 atom stereocenters. The number of halogens is 1. The maximum absolute atomic E-state index is 12.6. The minimum atomic E-state index is -3.34. The number of aryl methyl sites for hydroxylation is 1. The van der Waals surface area contributed by atoms with Crippen LogP contribution in [-0.4, -0.2) is 42.2 Å². The lowest BCUT2D eigenvalue weighted by Crippen LogP contribution is -2.45. The van der Waals surface area contributed by atoms with Gasteiger partial charge in [0.25, 0.3) is 10.0 Å². The van der Waals surface area contributed by atoms with E-state index in [-0.39, 0.29) is 4.75 Å². The van der Waals surface area contributed by atoms with Crippen LogP contribution in [0.5, 0.6) is 0 Å². The molecule has 1 fully saturated rings. The highest BCUT2D eigenvalue weighted by Gasteiger charge is 2.35. The molecule has 0 bridgehead atoms. The number of alkyl halides is 1. The van der Waals surface area contributed by atoms with Gasteiger partial charge in [-0.25, -0.2) is 8.42 Å². The van der Waals surface area contributed by atoms with Gasteiger partial charge in [0.1, 0.15) is 4.21 Å². The predicted octanol–water partition coefficient (Wildman–Crippen LogP) is 3.05. The van der Waals surface area contributed by atoms with E-state index in [1.54, 1.807) is 10.4 Å². The van der Waals surface area contributed by atoms with E-state index in [9.17, 15) is 8.42 Å². The van der Waals surface area contributed by atoms with E-state index >= 15 is 0 Å². The Hall–Kier alpha value is 0.250. The molecule has 1 aromatic rings. The summed E-state index contributed by atoms with van der Waals surface area (Å²) in [7, 11) is -3.34. The summed E-state index contributed by atoms with van der Waals surface area (Å²) in [5.74, 6) is 1.37. The molecule has 0 saturated carbocycles. The van der Waals surface area contributed by atoms with Crippen LogP contribution < -0.4 is 0 Å². The molecule has 0 aromatic carbocycles. The Morgan fingerprint density at radius 3 is 2.79 bits per heavy atom. The third kappa shape index (κ3) is 3.67. The van der Waals surface area contributed by atoms with Crippen LogP contribution in [0.25, 0.3) is 0 Å². The zero-order chi connectivity index (χ0) is 14.1. The Morgan fingerprint density at radius 2 is 2.16 bits per heavy atom. The summed E-state index contributed by atoms with van der Waals surface area (Å²) in [4.78, 5) is 1.03. The van der Waals surface area contributed by atoms with Gasteiger partial charge in [-0.15, -0.1) is 22.9 Å². The van der Waals surface area contributed by atoms with Crippen LogP contribution in [0.4, 0.5) is 0 Å². The summed E-state index contributed by atoms with van der Waals surface area (Å²) in [5, 5.41) is 0. The molecule has 3 nitrogen and oxygen atoms in total. The molecular weight excluding hydrogens is 322 g/mol. The van der Waals surface area contributed by atoms with Gasteiger partial charge in [0, 0.05) is 34.3 Å². The maximum atomic E-state index is 12.6. The smallest absolute Gasteiger partial charge is 0.206 e. The molecule has 0 spiro atoms. The van der Waals surface area contributed by atoms with E-state index in [1.165, 1.54) is 11.3 Å². The summed E-state index contributed by atoms with van der Waals surface area (Å²) in [6.07, 6.45) is 0.725. The first-order valence-electron chi connectivity index (χ1n) is 6.14. The second-order valence-electron chi connectivity index (χ2n) is 5.11. The Labute approximate surface area is 128 Å². The molecule has 19 heavy (non-hydrogen) atoms. The molecule has 1 aromatic heterocycles. The molecule has 0 amide bonds. The fraction of sp³-hybridized carbons (Fsp3) is 0.667. The number of sulfonamides is 1. The van der Waals surface area contributed by atoms with Crippen molar-refractivity contribution in [1.29, 1.82) is 0 Å². The number of thioether (sulfide) groups is 1. The van der Waals surface area contributed by atoms with E-state index in [1.807, 2.05) is 17.8 Å². The molecule has 7 heteroatoms. The quantitative estimate of drug-likeness (QED) is 0.791. The molecule has 0 N–H and O–H groups in total. The van der Waals surface area contributed by atoms with Crippen LogP contribution in [0.2, 0.25) is 0 Å². The van der Waals surface area contributed by atoms with Crippen molar-refractivity contribution in [2.75, 3.05) is 24.7 Å². The van der Waals surface area contributed by atoms with Gasteiger partial charge in [-0.1, -0.05) is 0 Å². The van der Waals surface area contributed by atoms with Crippen molar-refractivity contribution in [1.82, 2.24) is 4.31 Å². The van der Waals surface area contributed by atoms with Gasteiger partial charge in [0.2, 0.25) is 0 Å². The molecule has 1 aliphatic heterocycles. The first kappa shape index (κ1) is 15.6. The lowest BCUT2D eigenvalue weighted by atomic mass is 10.2. The number of hydrogen-bond donors (Lipinski definition) is 0. The number of thiophene rings is 1. The molecule has 0 aliphatic carbocycles. The van der Waals surface area contributed by atoms with Crippen LogP contribution >= 0.6 is 34.7 Å². The van der Waals surface area contributed by atoms with Crippen LogP contribution in [-0.2, 0) is 16.4 Å². The third-order valence-electron chi connectivity index (χ3n) is 2.96. The van der Waals surface area contributed by atoms with Gasteiger partial charge in [0.05, 0.1) is 0 Å². The van der Waals surface area contributed by atoms with Crippen LogP contribution in [0.15, 0.2) is 16.3 Å². The standard InChI is InChI=1S/C12H18ClNO2S3/c1-12(2)9-14(7-8-17-12)19(15,16)11-4-3-10(18-11)5-6-13/h3-4H,5-9H2,1-2H3. The maximum Gasteiger partial charge on any atom is 0.252 e. The number of nitrogens with zero attached hydrogens (tertiary/aromatic N) is 1. The normalized spacial score (nSPS) is 20.6. The molecule has 1 aliphatic rings. The zero-order valence-corrected chi connectivity index (χ0v) is 14.3. The van der Waals surface area contributed by atoms with Gasteiger partial charge in [-0.05, 0) is 32.4 Å². The minimum Gasteiger partial charge on any atom is -0.206 e. The van der Waals surface area contributed by atoms with Crippen molar-refractivity contribution in [2.24, 2.45) is 0 Å². The predicted molar refractivity (Wildman–Crippen MR) is 84.0 cm³/mol. The van der Waals surface area contributed by atoms with Crippen LogP contribution in [0, 0.1) is 0 Å². The highest BCUT2D eigenvalue weighted by atomic mass is 35.5. The number of rotatable bonds is 4. The zero-order valence-electron chi connectivity index (χ0n) is 11.1. The van der Waals surface area contributed by atoms with Crippen molar-refractivity contribution in [3.8, 4) is 0 Å². The molecule has 1 saturated heterocycles. The average Bonchev–Trinajstić information content (AvgIpc) is 2.77. The average molecular weight is 340 g/mol. The molecular formula is C12H18ClNO2S3. The van der Waals surface area contributed by atoms with Crippen molar-refractivity contribution >= 4 is 44.7 Å². The minimum absolute atomic E-state index is 0.0124. The van der Waals surface area contributed by atoms with Crippen LogP contribution in [0.3, 0.4) is 0 Å². The number of hydrogen-bond acceptors (Lipinski definition) is 4. The molecule has 2 rings (SSSR count). The monoisotopic (exact) mass is 339 g/mol. The van der Waals surface area contributed by atoms with E-state index in [0.29, 0.717) is 23.2 Å². The van der Waals surface area contributed by atoms with E-state index in [0.717, 1.165) is 17.1 Å². The summed E-state index contributed by atoms with van der Waals surface area (Å²) in [5.41, 5.74) is 0. The van der Waals surface area contributed by atoms with Gasteiger partial charge in [-0.3, -0.25) is 0 Å². The topological polar surface area (TPSA) is 37.4 Å². The summed E-state index contributed by atoms with van der Waals surface area (Å²) in [6, 6.07) is 3.57. The van der Waals surface area contributed by atoms with Crippen molar-refractivity contribution in [3.05, 3.63) is 17.0 Å². The highest BCUT2D eigenvalue weighted by Crippen LogP contribution is 2.34. The Bertz CT molecular complexity index is 539. The first-order chi connectivity index (χ1) is 8.85. The van der Waals surface area contributed by atoms with E-state index < -0.39 is 10.0 Å². The van der Waals surface area contributed by atoms with Gasteiger partial charge < -0.3 is 0 Å². The van der Waals surface area contributed by atoms with Gasteiger partial charge in [0.15, 0.2) is 0 Å². The van der Waals surface area contributed by atoms with E-state index in [4.69, 9.17) is 11.6 Å². The molecule has 108 valence electrons. The molecule has 0 radical (unpaired) electrons. The van der Waals surface area contributed by atoms with Crippen molar-refractivity contribution in [3.63, 3.8) is 0 Å². The van der Waals surface area contributed by atoms with Gasteiger partial charge >= 0.3 is 0 Å². The van der Waals surface area contributed by atoms with Crippen LogP contribution in [0.1, 0.15) is 18.7 Å². The summed E-state index contributed by atoms with van der Waals surface area (Å²) >= 11 is 8.86. The molecule has 0 unspecified atom stereocenters. The van der Waals surface area contributed by atoms with E-state index in [2.05, 4.69) is 13.8 Å². The summed E-state index contributed by atoms with van der Waals surface area (Å²) < 4.78 is 27.2.